The fourth-order valence-corrected chi connectivity index (χ4v) is 2.95. The molecule has 1 aliphatic carbocycles. The monoisotopic (exact) mass is 255 g/mol. The number of aliphatic carboxylic acids is 1. The molecule has 1 saturated carbocycles. The Morgan fingerprint density at radius 3 is 2.56 bits per heavy atom. The molecule has 0 aromatic carbocycles. The summed E-state index contributed by atoms with van der Waals surface area (Å²) in [4.78, 5) is 11.2. The second kappa shape index (κ2) is 7.13. The van der Waals surface area contributed by atoms with Gasteiger partial charge in [0.1, 0.15) is 0 Å². The summed E-state index contributed by atoms with van der Waals surface area (Å²) in [6, 6.07) is 0.503. The fraction of sp³-hybridized carbons (Fsp3) is 0.933. The van der Waals surface area contributed by atoms with Gasteiger partial charge in [0.2, 0.25) is 0 Å². The first-order valence-electron chi connectivity index (χ1n) is 7.36. The molecule has 1 rings (SSSR count). The average molecular weight is 255 g/mol. The third-order valence-electron chi connectivity index (χ3n) is 4.19. The lowest BCUT2D eigenvalue weighted by Gasteiger charge is -2.34. The third kappa shape index (κ3) is 4.97. The standard InChI is InChI=1S/C15H29NO2/c1-10(2)7-13(15(17)18)9-16-14-8-11(3)5-6-12(14)4/h10-14,16H,5-9H2,1-4H3,(H,17,18). The second-order valence-corrected chi connectivity index (χ2v) is 6.57. The Labute approximate surface area is 111 Å². The van der Waals surface area contributed by atoms with Gasteiger partial charge in [-0.2, -0.15) is 0 Å². The molecule has 0 aromatic heterocycles. The Bertz CT molecular complexity index is 265. The van der Waals surface area contributed by atoms with E-state index in [0.29, 0.717) is 24.4 Å². The van der Waals surface area contributed by atoms with Gasteiger partial charge in [-0.3, -0.25) is 4.79 Å². The lowest BCUT2D eigenvalue weighted by molar-refractivity contribution is -0.142. The van der Waals surface area contributed by atoms with Crippen molar-refractivity contribution in [3.8, 4) is 0 Å². The van der Waals surface area contributed by atoms with Crippen LogP contribution >= 0.6 is 0 Å². The van der Waals surface area contributed by atoms with Crippen molar-refractivity contribution < 1.29 is 9.90 Å². The number of rotatable bonds is 6. The Morgan fingerprint density at radius 2 is 2.00 bits per heavy atom. The van der Waals surface area contributed by atoms with Crippen LogP contribution in [0.5, 0.6) is 0 Å². The molecule has 0 aliphatic heterocycles. The van der Waals surface area contributed by atoms with Gasteiger partial charge in [-0.25, -0.2) is 0 Å². The highest BCUT2D eigenvalue weighted by Crippen LogP contribution is 2.28. The molecule has 0 saturated heterocycles. The number of hydrogen-bond acceptors (Lipinski definition) is 2. The summed E-state index contributed by atoms with van der Waals surface area (Å²) in [5.74, 6) is 0.986. The zero-order valence-electron chi connectivity index (χ0n) is 12.3. The van der Waals surface area contributed by atoms with Crippen molar-refractivity contribution in [1.82, 2.24) is 5.32 Å². The fourth-order valence-electron chi connectivity index (χ4n) is 2.95. The smallest absolute Gasteiger partial charge is 0.307 e. The van der Waals surface area contributed by atoms with Gasteiger partial charge in [-0.1, -0.05) is 34.1 Å². The Kier molecular flexibility index (Phi) is 6.13. The molecule has 3 nitrogen and oxygen atoms in total. The van der Waals surface area contributed by atoms with Gasteiger partial charge in [0, 0.05) is 12.6 Å². The lowest BCUT2D eigenvalue weighted by atomic mass is 9.80. The molecule has 0 amide bonds. The van der Waals surface area contributed by atoms with Crippen LogP contribution < -0.4 is 5.32 Å². The van der Waals surface area contributed by atoms with Gasteiger partial charge in [-0.15, -0.1) is 0 Å². The SMILES string of the molecule is CC(C)CC(CNC1CC(C)CCC1C)C(=O)O. The molecule has 0 radical (unpaired) electrons. The van der Waals surface area contributed by atoms with E-state index >= 15 is 0 Å². The highest BCUT2D eigenvalue weighted by Gasteiger charge is 2.27. The molecule has 0 aromatic rings. The van der Waals surface area contributed by atoms with Crippen LogP contribution in [-0.4, -0.2) is 23.7 Å². The van der Waals surface area contributed by atoms with Crippen molar-refractivity contribution >= 4 is 5.97 Å². The number of carboxylic acids is 1. The zero-order chi connectivity index (χ0) is 13.7. The lowest BCUT2D eigenvalue weighted by Crippen LogP contribution is -2.43. The summed E-state index contributed by atoms with van der Waals surface area (Å²) >= 11 is 0. The van der Waals surface area contributed by atoms with E-state index in [1.54, 1.807) is 0 Å². The number of carbonyl (C=O) groups is 1. The Morgan fingerprint density at radius 1 is 1.33 bits per heavy atom. The molecule has 0 bridgehead atoms. The molecular formula is C15H29NO2. The van der Waals surface area contributed by atoms with E-state index in [2.05, 4.69) is 33.0 Å². The molecule has 1 aliphatic rings. The van der Waals surface area contributed by atoms with E-state index in [4.69, 9.17) is 0 Å². The maximum Gasteiger partial charge on any atom is 0.307 e. The van der Waals surface area contributed by atoms with Crippen LogP contribution in [0.4, 0.5) is 0 Å². The van der Waals surface area contributed by atoms with Crippen LogP contribution in [0.2, 0.25) is 0 Å². The highest BCUT2D eigenvalue weighted by molar-refractivity contribution is 5.70. The molecule has 4 atom stereocenters. The van der Waals surface area contributed by atoms with Crippen molar-refractivity contribution in [2.75, 3.05) is 6.54 Å². The van der Waals surface area contributed by atoms with E-state index in [9.17, 15) is 9.90 Å². The Balaban J connectivity index is 2.43. The van der Waals surface area contributed by atoms with Crippen molar-refractivity contribution in [3.05, 3.63) is 0 Å². The first kappa shape index (κ1) is 15.5. The second-order valence-electron chi connectivity index (χ2n) is 6.57. The minimum Gasteiger partial charge on any atom is -0.481 e. The number of nitrogens with one attached hydrogen (secondary N) is 1. The number of carboxylic acid groups (broad SMARTS) is 1. The van der Waals surface area contributed by atoms with Crippen molar-refractivity contribution in [1.29, 1.82) is 0 Å². The largest absolute Gasteiger partial charge is 0.481 e. The molecule has 0 heterocycles. The van der Waals surface area contributed by atoms with Gasteiger partial charge in [-0.05, 0) is 37.0 Å². The molecule has 18 heavy (non-hydrogen) atoms. The summed E-state index contributed by atoms with van der Waals surface area (Å²) in [5, 5.41) is 12.7. The van der Waals surface area contributed by atoms with E-state index in [-0.39, 0.29) is 5.92 Å². The molecule has 2 N–H and O–H groups in total. The Hall–Kier alpha value is -0.570. The van der Waals surface area contributed by atoms with Gasteiger partial charge in [0.05, 0.1) is 5.92 Å². The van der Waals surface area contributed by atoms with E-state index in [1.165, 1.54) is 19.3 Å². The average Bonchev–Trinajstić information content (AvgIpc) is 2.27. The zero-order valence-corrected chi connectivity index (χ0v) is 12.3. The van der Waals surface area contributed by atoms with Crippen LogP contribution in [0.3, 0.4) is 0 Å². The first-order chi connectivity index (χ1) is 8.40. The first-order valence-corrected chi connectivity index (χ1v) is 7.36. The third-order valence-corrected chi connectivity index (χ3v) is 4.19. The van der Waals surface area contributed by atoms with Gasteiger partial charge in [0.15, 0.2) is 0 Å². The summed E-state index contributed by atoms with van der Waals surface area (Å²) in [6.07, 6.45) is 4.53. The molecule has 0 spiro atoms. The van der Waals surface area contributed by atoms with Gasteiger partial charge < -0.3 is 10.4 Å². The minimum atomic E-state index is -0.660. The maximum absolute atomic E-state index is 11.2. The molecule has 106 valence electrons. The normalized spacial score (nSPS) is 30.4. The van der Waals surface area contributed by atoms with Gasteiger partial charge in [0.25, 0.3) is 0 Å². The summed E-state index contributed by atoms with van der Waals surface area (Å²) in [5.41, 5.74) is 0. The predicted octanol–water partition coefficient (Wildman–Crippen LogP) is 3.15. The number of hydrogen-bond donors (Lipinski definition) is 2. The predicted molar refractivity (Wildman–Crippen MR) is 74.6 cm³/mol. The minimum absolute atomic E-state index is 0.241. The highest BCUT2D eigenvalue weighted by atomic mass is 16.4. The van der Waals surface area contributed by atoms with E-state index in [0.717, 1.165) is 12.3 Å². The molecule has 1 fully saturated rings. The molecule has 4 unspecified atom stereocenters. The topological polar surface area (TPSA) is 49.3 Å². The van der Waals surface area contributed by atoms with Crippen LogP contribution in [0.1, 0.15) is 53.4 Å². The molecular weight excluding hydrogens is 226 g/mol. The summed E-state index contributed by atoms with van der Waals surface area (Å²) in [6.45, 7) is 9.36. The summed E-state index contributed by atoms with van der Waals surface area (Å²) < 4.78 is 0. The van der Waals surface area contributed by atoms with Crippen LogP contribution in [0.15, 0.2) is 0 Å². The van der Waals surface area contributed by atoms with E-state index in [1.807, 2.05) is 0 Å². The van der Waals surface area contributed by atoms with Crippen LogP contribution in [-0.2, 0) is 4.79 Å². The van der Waals surface area contributed by atoms with Crippen LogP contribution in [0, 0.1) is 23.7 Å². The van der Waals surface area contributed by atoms with Crippen molar-refractivity contribution in [3.63, 3.8) is 0 Å². The van der Waals surface area contributed by atoms with Crippen LogP contribution in [0.25, 0.3) is 0 Å². The summed E-state index contributed by atoms with van der Waals surface area (Å²) in [7, 11) is 0. The van der Waals surface area contributed by atoms with Crippen molar-refractivity contribution in [2.24, 2.45) is 23.7 Å². The van der Waals surface area contributed by atoms with E-state index < -0.39 is 5.97 Å². The van der Waals surface area contributed by atoms with Gasteiger partial charge >= 0.3 is 5.97 Å². The van der Waals surface area contributed by atoms with Crippen molar-refractivity contribution in [2.45, 2.75) is 59.4 Å². The molecule has 3 heteroatoms. The maximum atomic E-state index is 11.2. The quantitative estimate of drug-likeness (QED) is 0.766.